The van der Waals surface area contributed by atoms with Crippen LogP contribution in [0.3, 0.4) is 0 Å². The first kappa shape index (κ1) is 24.2. The van der Waals surface area contributed by atoms with Gasteiger partial charge in [0.25, 0.3) is 0 Å². The van der Waals surface area contributed by atoms with E-state index in [1.165, 1.54) is 4.90 Å². The number of rotatable bonds is 6. The van der Waals surface area contributed by atoms with E-state index < -0.39 is 23.2 Å². The van der Waals surface area contributed by atoms with Crippen LogP contribution in [0.1, 0.15) is 57.5 Å². The molecule has 0 saturated heterocycles. The molecule has 0 spiro atoms. The van der Waals surface area contributed by atoms with Gasteiger partial charge in [0.2, 0.25) is 5.91 Å². The fourth-order valence-electron chi connectivity index (χ4n) is 2.59. The number of nitrogens with zero attached hydrogens (tertiary/aromatic N) is 2. The molecule has 0 aromatic heterocycles. The highest BCUT2D eigenvalue weighted by atomic mass is 16.6. The number of amides is 2. The molecule has 1 N–H and O–H groups in total. The summed E-state index contributed by atoms with van der Waals surface area (Å²) >= 11 is 0. The highest BCUT2D eigenvalue weighted by Crippen LogP contribution is 2.17. The second-order valence-corrected chi connectivity index (χ2v) is 9.06. The minimum absolute atomic E-state index is 0.00350. The van der Waals surface area contributed by atoms with Crippen molar-refractivity contribution in [3.8, 4) is 6.07 Å². The zero-order valence-electron chi connectivity index (χ0n) is 18.3. The Morgan fingerprint density at radius 2 is 1.66 bits per heavy atom. The number of ether oxygens (including phenoxy) is 1. The first-order valence-electron chi connectivity index (χ1n) is 9.50. The summed E-state index contributed by atoms with van der Waals surface area (Å²) in [5.74, 6) is -0.270. The van der Waals surface area contributed by atoms with Crippen molar-refractivity contribution in [1.82, 2.24) is 10.2 Å². The molecule has 0 heterocycles. The van der Waals surface area contributed by atoms with Gasteiger partial charge in [-0.3, -0.25) is 9.59 Å². The third kappa shape index (κ3) is 8.34. The summed E-state index contributed by atoms with van der Waals surface area (Å²) in [7, 11) is 1.61. The maximum Gasteiger partial charge on any atom is 0.408 e. The van der Waals surface area contributed by atoms with E-state index in [0.717, 1.165) is 5.56 Å². The van der Waals surface area contributed by atoms with E-state index in [1.807, 2.05) is 26.8 Å². The average Bonchev–Trinajstić information content (AvgIpc) is 2.58. The third-order valence-electron chi connectivity index (χ3n) is 3.93. The van der Waals surface area contributed by atoms with Crippen LogP contribution in [0.25, 0.3) is 0 Å². The van der Waals surface area contributed by atoms with Gasteiger partial charge in [0.15, 0.2) is 5.78 Å². The maximum absolute atomic E-state index is 12.4. The Labute approximate surface area is 173 Å². The predicted molar refractivity (Wildman–Crippen MR) is 110 cm³/mol. The standard InChI is InChI=1S/C22H31N3O4/c1-21(2,3)19(27)25(7)14-18(26)16-10-8-15(9-11-16)12-17(13-23)24-20(28)29-22(4,5)6/h8-11,17H,12,14H2,1-7H3,(H,24,28)/t17-/m0/s1. The van der Waals surface area contributed by atoms with Crippen LogP contribution in [0.15, 0.2) is 24.3 Å². The van der Waals surface area contributed by atoms with E-state index in [9.17, 15) is 19.6 Å². The molecular weight excluding hydrogens is 370 g/mol. The van der Waals surface area contributed by atoms with Crippen LogP contribution in [-0.4, -0.2) is 47.9 Å². The van der Waals surface area contributed by atoms with Gasteiger partial charge in [0.1, 0.15) is 11.6 Å². The lowest BCUT2D eigenvalue weighted by Crippen LogP contribution is -2.39. The number of carbonyl (C=O) groups excluding carboxylic acids is 3. The Kier molecular flexibility index (Phi) is 7.96. The van der Waals surface area contributed by atoms with Crippen LogP contribution in [0.5, 0.6) is 0 Å². The molecule has 158 valence electrons. The van der Waals surface area contributed by atoms with E-state index >= 15 is 0 Å². The van der Waals surface area contributed by atoms with Crippen molar-refractivity contribution in [1.29, 1.82) is 5.26 Å². The summed E-state index contributed by atoms with van der Waals surface area (Å²) in [6.07, 6.45) is -0.366. The highest BCUT2D eigenvalue weighted by Gasteiger charge is 2.26. The van der Waals surface area contributed by atoms with Gasteiger partial charge in [-0.2, -0.15) is 5.26 Å². The zero-order valence-corrected chi connectivity index (χ0v) is 18.3. The first-order chi connectivity index (χ1) is 13.2. The topological polar surface area (TPSA) is 99.5 Å². The fourth-order valence-corrected chi connectivity index (χ4v) is 2.59. The Bertz CT molecular complexity index is 780. The Morgan fingerprint density at radius 3 is 2.10 bits per heavy atom. The summed E-state index contributed by atoms with van der Waals surface area (Å²) in [5, 5.41) is 11.8. The second-order valence-electron chi connectivity index (χ2n) is 9.06. The van der Waals surface area contributed by atoms with Gasteiger partial charge in [0, 0.05) is 24.4 Å². The molecule has 1 rings (SSSR count). The molecule has 0 fully saturated rings. The number of carbonyl (C=O) groups is 3. The van der Waals surface area contributed by atoms with Crippen molar-refractivity contribution in [2.75, 3.05) is 13.6 Å². The number of benzene rings is 1. The van der Waals surface area contributed by atoms with E-state index in [1.54, 1.807) is 52.1 Å². The molecule has 0 unspecified atom stereocenters. The van der Waals surface area contributed by atoms with Crippen molar-refractivity contribution in [3.63, 3.8) is 0 Å². The molecule has 0 saturated carbocycles. The normalized spacial score (nSPS) is 12.5. The van der Waals surface area contributed by atoms with E-state index in [0.29, 0.717) is 5.56 Å². The van der Waals surface area contributed by atoms with Gasteiger partial charge >= 0.3 is 6.09 Å². The van der Waals surface area contributed by atoms with Crippen molar-refractivity contribution >= 4 is 17.8 Å². The lowest BCUT2D eigenvalue weighted by atomic mass is 9.94. The molecule has 7 heteroatoms. The van der Waals surface area contributed by atoms with Crippen molar-refractivity contribution in [3.05, 3.63) is 35.4 Å². The van der Waals surface area contributed by atoms with Crippen LogP contribution in [0.4, 0.5) is 4.79 Å². The quantitative estimate of drug-likeness (QED) is 0.737. The molecule has 0 radical (unpaired) electrons. The molecule has 1 aromatic carbocycles. The molecule has 0 aliphatic carbocycles. The SMILES string of the molecule is CN(CC(=O)c1ccc(C[C@@H](C#N)NC(=O)OC(C)(C)C)cc1)C(=O)C(C)(C)C. The minimum Gasteiger partial charge on any atom is -0.444 e. The molecule has 29 heavy (non-hydrogen) atoms. The number of nitriles is 1. The Hall–Kier alpha value is -2.88. The van der Waals surface area contributed by atoms with Crippen LogP contribution in [-0.2, 0) is 16.0 Å². The van der Waals surface area contributed by atoms with Crippen LogP contribution in [0.2, 0.25) is 0 Å². The maximum atomic E-state index is 12.4. The van der Waals surface area contributed by atoms with Gasteiger partial charge < -0.3 is 15.0 Å². The van der Waals surface area contributed by atoms with Gasteiger partial charge in [0.05, 0.1) is 12.6 Å². The van der Waals surface area contributed by atoms with E-state index in [4.69, 9.17) is 4.74 Å². The van der Waals surface area contributed by atoms with Gasteiger partial charge in [-0.05, 0) is 26.3 Å². The smallest absolute Gasteiger partial charge is 0.408 e. The molecular formula is C22H31N3O4. The molecule has 0 aliphatic heterocycles. The minimum atomic E-state index is -0.748. The van der Waals surface area contributed by atoms with Crippen LogP contribution in [0, 0.1) is 16.7 Å². The largest absolute Gasteiger partial charge is 0.444 e. The first-order valence-corrected chi connectivity index (χ1v) is 9.50. The Morgan fingerprint density at radius 1 is 1.10 bits per heavy atom. The molecule has 7 nitrogen and oxygen atoms in total. The third-order valence-corrected chi connectivity index (χ3v) is 3.93. The molecule has 0 aliphatic rings. The van der Waals surface area contributed by atoms with Crippen LogP contribution < -0.4 is 5.32 Å². The van der Waals surface area contributed by atoms with Gasteiger partial charge in [-0.25, -0.2) is 4.79 Å². The molecule has 2 amide bonds. The van der Waals surface area contributed by atoms with Gasteiger partial charge in [-0.1, -0.05) is 45.0 Å². The van der Waals surface area contributed by atoms with E-state index in [2.05, 4.69) is 5.32 Å². The highest BCUT2D eigenvalue weighted by molar-refractivity contribution is 5.99. The number of Topliss-reactive ketones (excluding diaryl/α,β-unsaturated/α-hetero) is 1. The number of hydrogen-bond acceptors (Lipinski definition) is 5. The Balaban J connectivity index is 2.71. The van der Waals surface area contributed by atoms with Crippen molar-refractivity contribution < 1.29 is 19.1 Å². The molecule has 0 bridgehead atoms. The van der Waals surface area contributed by atoms with Crippen molar-refractivity contribution in [2.24, 2.45) is 5.41 Å². The number of likely N-dealkylation sites (N-methyl/N-ethyl adjacent to an activating group) is 1. The lowest BCUT2D eigenvalue weighted by Gasteiger charge is -2.25. The summed E-state index contributed by atoms with van der Waals surface area (Å²) in [6, 6.07) is 8.08. The summed E-state index contributed by atoms with van der Waals surface area (Å²) in [4.78, 5) is 37.9. The zero-order chi connectivity index (χ0) is 22.4. The molecule has 1 atom stereocenters. The van der Waals surface area contributed by atoms with E-state index in [-0.39, 0.29) is 24.7 Å². The van der Waals surface area contributed by atoms with Gasteiger partial charge in [-0.15, -0.1) is 0 Å². The van der Waals surface area contributed by atoms with Crippen molar-refractivity contribution in [2.45, 2.75) is 59.6 Å². The predicted octanol–water partition coefficient (Wildman–Crippen LogP) is 3.33. The molecule has 1 aromatic rings. The fraction of sp³-hybridized carbons (Fsp3) is 0.545. The summed E-state index contributed by atoms with van der Waals surface area (Å²) in [5.41, 5.74) is 0.0826. The number of nitrogens with one attached hydrogen (secondary N) is 1. The van der Waals surface area contributed by atoms with Crippen LogP contribution >= 0.6 is 0 Å². The summed E-state index contributed by atoms with van der Waals surface area (Å²) in [6.45, 7) is 10.7. The summed E-state index contributed by atoms with van der Waals surface area (Å²) < 4.78 is 5.16. The number of hydrogen-bond donors (Lipinski definition) is 1. The average molecular weight is 402 g/mol. The number of alkyl carbamates (subject to hydrolysis) is 1. The monoisotopic (exact) mass is 401 g/mol. The number of ketones is 1. The lowest BCUT2D eigenvalue weighted by molar-refractivity contribution is -0.137. The second kappa shape index (κ2) is 9.55.